The van der Waals surface area contributed by atoms with Crippen molar-refractivity contribution >= 4 is 18.0 Å². The summed E-state index contributed by atoms with van der Waals surface area (Å²) in [4.78, 5) is 23.1. The van der Waals surface area contributed by atoms with E-state index in [2.05, 4.69) is 12.2 Å². The lowest BCUT2D eigenvalue weighted by atomic mass is 10.1. The summed E-state index contributed by atoms with van der Waals surface area (Å²) in [6.07, 6.45) is 8.14. The summed E-state index contributed by atoms with van der Waals surface area (Å²) in [7, 11) is 0. The summed E-state index contributed by atoms with van der Waals surface area (Å²) in [5.74, 6) is -1.37. The number of carboxylic acids is 1. The molecule has 5 heteroatoms. The SMILES string of the molecule is CCCCCCCCC(=O)N/C(=C/c1ccc(O)cc1)C(=O)O. The fourth-order valence-corrected chi connectivity index (χ4v) is 2.17. The Morgan fingerprint density at radius 3 is 2.26 bits per heavy atom. The molecule has 0 aliphatic rings. The molecule has 23 heavy (non-hydrogen) atoms. The molecular weight excluding hydrogens is 294 g/mol. The topological polar surface area (TPSA) is 86.6 Å². The largest absolute Gasteiger partial charge is 0.508 e. The second-order valence-corrected chi connectivity index (χ2v) is 5.52. The third kappa shape index (κ3) is 8.04. The van der Waals surface area contributed by atoms with E-state index in [9.17, 15) is 19.8 Å². The van der Waals surface area contributed by atoms with Crippen molar-refractivity contribution in [3.8, 4) is 5.75 Å². The van der Waals surface area contributed by atoms with E-state index in [1.54, 1.807) is 12.1 Å². The molecule has 1 aromatic rings. The normalized spacial score (nSPS) is 11.3. The first-order valence-corrected chi connectivity index (χ1v) is 8.06. The Hall–Kier alpha value is -2.30. The Bertz CT molecular complexity index is 534. The third-order valence-electron chi connectivity index (χ3n) is 3.47. The number of hydrogen-bond donors (Lipinski definition) is 3. The maximum atomic E-state index is 11.8. The van der Waals surface area contributed by atoms with Crippen LogP contribution in [-0.4, -0.2) is 22.1 Å². The molecule has 0 atom stereocenters. The van der Waals surface area contributed by atoms with E-state index in [4.69, 9.17) is 0 Å². The summed E-state index contributed by atoms with van der Waals surface area (Å²) in [6.45, 7) is 2.15. The first-order valence-electron chi connectivity index (χ1n) is 8.06. The van der Waals surface area contributed by atoms with Gasteiger partial charge in [-0.2, -0.15) is 0 Å². The van der Waals surface area contributed by atoms with Gasteiger partial charge < -0.3 is 15.5 Å². The molecule has 0 heterocycles. The lowest BCUT2D eigenvalue weighted by molar-refractivity contribution is -0.134. The van der Waals surface area contributed by atoms with Crippen molar-refractivity contribution < 1.29 is 19.8 Å². The molecule has 0 radical (unpaired) electrons. The standard InChI is InChI=1S/C18H25NO4/c1-2-3-4-5-6-7-8-17(21)19-16(18(22)23)13-14-9-11-15(20)12-10-14/h9-13,20H,2-8H2,1H3,(H,19,21)(H,22,23)/b16-13+. The number of carboxylic acid groups (broad SMARTS) is 1. The lowest BCUT2D eigenvalue weighted by Crippen LogP contribution is -2.26. The quantitative estimate of drug-likeness (QED) is 0.453. The van der Waals surface area contributed by atoms with Crippen molar-refractivity contribution in [2.75, 3.05) is 0 Å². The molecule has 3 N–H and O–H groups in total. The lowest BCUT2D eigenvalue weighted by Gasteiger charge is -2.06. The Labute approximate surface area is 137 Å². The van der Waals surface area contributed by atoms with Crippen LogP contribution >= 0.6 is 0 Å². The van der Waals surface area contributed by atoms with Crippen LogP contribution in [0.4, 0.5) is 0 Å². The van der Waals surface area contributed by atoms with Crippen LogP contribution in [0, 0.1) is 0 Å². The molecule has 1 aromatic carbocycles. The molecule has 0 saturated carbocycles. The van der Waals surface area contributed by atoms with Crippen LogP contribution in [0.5, 0.6) is 5.75 Å². The minimum absolute atomic E-state index is 0.103. The van der Waals surface area contributed by atoms with E-state index in [0.717, 1.165) is 19.3 Å². The number of carbonyl (C=O) groups excluding carboxylic acids is 1. The third-order valence-corrected chi connectivity index (χ3v) is 3.47. The highest BCUT2D eigenvalue weighted by Crippen LogP contribution is 2.12. The first-order chi connectivity index (χ1) is 11.0. The number of aromatic hydroxyl groups is 1. The van der Waals surface area contributed by atoms with Crippen LogP contribution in [-0.2, 0) is 9.59 Å². The number of phenols is 1. The van der Waals surface area contributed by atoms with Gasteiger partial charge in [-0.1, -0.05) is 51.2 Å². The molecule has 0 aromatic heterocycles. The fraction of sp³-hybridized carbons (Fsp3) is 0.444. The number of benzene rings is 1. The van der Waals surface area contributed by atoms with Gasteiger partial charge in [0.2, 0.25) is 5.91 Å². The molecule has 0 aliphatic heterocycles. The second-order valence-electron chi connectivity index (χ2n) is 5.52. The smallest absolute Gasteiger partial charge is 0.352 e. The molecule has 0 aliphatic carbocycles. The van der Waals surface area contributed by atoms with Gasteiger partial charge in [0, 0.05) is 6.42 Å². The van der Waals surface area contributed by atoms with Crippen molar-refractivity contribution in [2.45, 2.75) is 51.9 Å². The van der Waals surface area contributed by atoms with Gasteiger partial charge in [0.1, 0.15) is 11.4 Å². The Morgan fingerprint density at radius 1 is 1.04 bits per heavy atom. The van der Waals surface area contributed by atoms with E-state index in [1.165, 1.54) is 37.5 Å². The van der Waals surface area contributed by atoms with E-state index in [-0.39, 0.29) is 17.4 Å². The van der Waals surface area contributed by atoms with Gasteiger partial charge in [-0.05, 0) is 30.2 Å². The highest BCUT2D eigenvalue weighted by atomic mass is 16.4. The van der Waals surface area contributed by atoms with Crippen molar-refractivity contribution in [1.82, 2.24) is 5.32 Å². The van der Waals surface area contributed by atoms with Gasteiger partial charge in [-0.3, -0.25) is 4.79 Å². The van der Waals surface area contributed by atoms with Crippen LogP contribution in [0.15, 0.2) is 30.0 Å². The molecule has 126 valence electrons. The maximum absolute atomic E-state index is 11.8. The molecular formula is C18H25NO4. The molecule has 0 bridgehead atoms. The van der Waals surface area contributed by atoms with Crippen molar-refractivity contribution in [2.24, 2.45) is 0 Å². The van der Waals surface area contributed by atoms with Gasteiger partial charge in [0.05, 0.1) is 0 Å². The second kappa shape index (κ2) is 10.4. The van der Waals surface area contributed by atoms with Crippen molar-refractivity contribution in [1.29, 1.82) is 0 Å². The zero-order valence-electron chi connectivity index (χ0n) is 13.5. The number of amides is 1. The number of unbranched alkanes of at least 4 members (excludes halogenated alkanes) is 5. The first kappa shape index (κ1) is 18.7. The minimum Gasteiger partial charge on any atom is -0.508 e. The average molecular weight is 319 g/mol. The van der Waals surface area contributed by atoms with Crippen LogP contribution in [0.2, 0.25) is 0 Å². The number of carbonyl (C=O) groups is 2. The van der Waals surface area contributed by atoms with Crippen molar-refractivity contribution in [3.05, 3.63) is 35.5 Å². The van der Waals surface area contributed by atoms with Crippen LogP contribution in [0.25, 0.3) is 6.08 Å². The van der Waals surface area contributed by atoms with Gasteiger partial charge in [0.25, 0.3) is 0 Å². The van der Waals surface area contributed by atoms with Crippen LogP contribution in [0.3, 0.4) is 0 Å². The molecule has 1 amide bonds. The molecule has 0 unspecified atom stereocenters. The molecule has 0 spiro atoms. The molecule has 5 nitrogen and oxygen atoms in total. The van der Waals surface area contributed by atoms with Gasteiger partial charge >= 0.3 is 5.97 Å². The maximum Gasteiger partial charge on any atom is 0.352 e. The highest BCUT2D eigenvalue weighted by molar-refractivity contribution is 5.96. The Morgan fingerprint density at radius 2 is 1.65 bits per heavy atom. The van der Waals surface area contributed by atoms with Gasteiger partial charge in [-0.15, -0.1) is 0 Å². The summed E-state index contributed by atoms with van der Waals surface area (Å²) < 4.78 is 0. The summed E-state index contributed by atoms with van der Waals surface area (Å²) in [5, 5.41) is 20.8. The van der Waals surface area contributed by atoms with E-state index in [1.807, 2.05) is 0 Å². The van der Waals surface area contributed by atoms with E-state index >= 15 is 0 Å². The van der Waals surface area contributed by atoms with Gasteiger partial charge in [-0.25, -0.2) is 4.79 Å². The summed E-state index contributed by atoms with van der Waals surface area (Å²) >= 11 is 0. The monoisotopic (exact) mass is 319 g/mol. The molecule has 1 rings (SSSR count). The number of rotatable bonds is 10. The minimum atomic E-state index is -1.19. The summed E-state index contributed by atoms with van der Waals surface area (Å²) in [5.41, 5.74) is 0.437. The fourth-order valence-electron chi connectivity index (χ4n) is 2.17. The Balaban J connectivity index is 2.47. The van der Waals surface area contributed by atoms with E-state index < -0.39 is 5.97 Å². The number of aliphatic carboxylic acids is 1. The van der Waals surface area contributed by atoms with E-state index in [0.29, 0.717) is 12.0 Å². The van der Waals surface area contributed by atoms with Gasteiger partial charge in [0.15, 0.2) is 0 Å². The zero-order valence-corrected chi connectivity index (χ0v) is 13.5. The number of hydrogen-bond acceptors (Lipinski definition) is 3. The average Bonchev–Trinajstić information content (AvgIpc) is 2.52. The molecule has 0 saturated heterocycles. The zero-order chi connectivity index (χ0) is 17.1. The predicted octanol–water partition coefficient (Wildman–Crippen LogP) is 3.68. The number of nitrogens with one attached hydrogen (secondary N) is 1. The van der Waals surface area contributed by atoms with Crippen LogP contribution in [0.1, 0.15) is 57.4 Å². The highest BCUT2D eigenvalue weighted by Gasteiger charge is 2.11. The number of phenolic OH excluding ortho intramolecular Hbond substituents is 1. The Kier molecular flexibility index (Phi) is 8.50. The predicted molar refractivity (Wildman–Crippen MR) is 89.9 cm³/mol. The van der Waals surface area contributed by atoms with Crippen LogP contribution < -0.4 is 5.32 Å². The van der Waals surface area contributed by atoms with Crippen molar-refractivity contribution in [3.63, 3.8) is 0 Å². The summed E-state index contributed by atoms with van der Waals surface area (Å²) in [6, 6.07) is 6.09. The molecule has 0 fully saturated rings.